The van der Waals surface area contributed by atoms with Crippen molar-refractivity contribution < 1.29 is 0 Å². The van der Waals surface area contributed by atoms with Gasteiger partial charge in [-0.05, 0) is 58.8 Å². The summed E-state index contributed by atoms with van der Waals surface area (Å²) in [7, 11) is 0. The van der Waals surface area contributed by atoms with Gasteiger partial charge in [0.2, 0.25) is 0 Å². The molecule has 0 aliphatic carbocycles. The maximum Gasteiger partial charge on any atom is 0.0386 e. The van der Waals surface area contributed by atoms with E-state index in [1.807, 2.05) is 11.3 Å². The molecule has 2 heterocycles. The van der Waals surface area contributed by atoms with Crippen LogP contribution in [0.3, 0.4) is 0 Å². The van der Waals surface area contributed by atoms with Crippen molar-refractivity contribution in [2.75, 3.05) is 19.6 Å². The van der Waals surface area contributed by atoms with Crippen molar-refractivity contribution >= 4 is 11.3 Å². The van der Waals surface area contributed by atoms with E-state index in [-0.39, 0.29) is 0 Å². The normalized spacial score (nSPS) is 20.6. The lowest BCUT2D eigenvalue weighted by atomic mass is 10.2. The van der Waals surface area contributed by atoms with Crippen molar-refractivity contribution in [2.45, 2.75) is 45.7 Å². The smallest absolute Gasteiger partial charge is 0.0386 e. The molecule has 0 bridgehead atoms. The van der Waals surface area contributed by atoms with E-state index in [1.165, 1.54) is 35.7 Å². The summed E-state index contributed by atoms with van der Waals surface area (Å²) in [5, 5.41) is 3.66. The summed E-state index contributed by atoms with van der Waals surface area (Å²) < 4.78 is 0. The molecule has 1 aromatic heterocycles. The zero-order valence-corrected chi connectivity index (χ0v) is 12.0. The molecule has 2 rings (SSSR count). The van der Waals surface area contributed by atoms with E-state index in [0.717, 1.165) is 6.54 Å². The largest absolute Gasteiger partial charge is 0.308 e. The van der Waals surface area contributed by atoms with Gasteiger partial charge in [-0.15, -0.1) is 11.3 Å². The highest BCUT2D eigenvalue weighted by Gasteiger charge is 2.18. The molecule has 17 heavy (non-hydrogen) atoms. The van der Waals surface area contributed by atoms with Crippen LogP contribution < -0.4 is 5.32 Å². The predicted molar refractivity (Wildman–Crippen MR) is 75.7 cm³/mol. The molecule has 2 unspecified atom stereocenters. The van der Waals surface area contributed by atoms with Gasteiger partial charge in [0, 0.05) is 28.4 Å². The summed E-state index contributed by atoms with van der Waals surface area (Å²) in [6, 6.07) is 5.61. The number of aryl methyl sites for hydroxylation is 1. The molecule has 1 aromatic rings. The SMILES string of the molecule is Cc1ccc(C(C)NCC(C)N2CCCC2)s1. The van der Waals surface area contributed by atoms with Gasteiger partial charge >= 0.3 is 0 Å². The van der Waals surface area contributed by atoms with Crippen molar-refractivity contribution in [1.82, 2.24) is 10.2 Å². The van der Waals surface area contributed by atoms with Gasteiger partial charge in [0.15, 0.2) is 0 Å². The summed E-state index contributed by atoms with van der Waals surface area (Å²) >= 11 is 1.90. The minimum atomic E-state index is 0.485. The zero-order chi connectivity index (χ0) is 12.3. The van der Waals surface area contributed by atoms with Gasteiger partial charge in [0.05, 0.1) is 0 Å². The van der Waals surface area contributed by atoms with E-state index in [4.69, 9.17) is 0 Å². The second-order valence-electron chi connectivity index (χ2n) is 5.17. The van der Waals surface area contributed by atoms with Gasteiger partial charge in [-0.25, -0.2) is 0 Å². The van der Waals surface area contributed by atoms with Crippen LogP contribution in [0.2, 0.25) is 0 Å². The first-order valence-corrected chi connectivity index (χ1v) is 7.52. The van der Waals surface area contributed by atoms with Gasteiger partial charge in [-0.2, -0.15) is 0 Å². The Kier molecular flexibility index (Phi) is 4.60. The quantitative estimate of drug-likeness (QED) is 0.866. The van der Waals surface area contributed by atoms with Gasteiger partial charge in [-0.1, -0.05) is 0 Å². The maximum atomic E-state index is 3.66. The molecule has 1 fully saturated rings. The van der Waals surface area contributed by atoms with Crippen LogP contribution in [0, 0.1) is 6.92 Å². The van der Waals surface area contributed by atoms with Crippen molar-refractivity contribution in [1.29, 1.82) is 0 Å². The first-order chi connectivity index (χ1) is 8.16. The molecule has 0 spiro atoms. The van der Waals surface area contributed by atoms with E-state index >= 15 is 0 Å². The summed E-state index contributed by atoms with van der Waals surface area (Å²) in [6.07, 6.45) is 2.76. The Morgan fingerprint density at radius 1 is 1.29 bits per heavy atom. The summed E-state index contributed by atoms with van der Waals surface area (Å²) in [6.45, 7) is 10.4. The van der Waals surface area contributed by atoms with E-state index in [0.29, 0.717) is 12.1 Å². The highest BCUT2D eigenvalue weighted by Crippen LogP contribution is 2.22. The lowest BCUT2D eigenvalue weighted by Crippen LogP contribution is -2.39. The molecule has 2 nitrogen and oxygen atoms in total. The van der Waals surface area contributed by atoms with E-state index in [1.54, 1.807) is 0 Å². The average molecular weight is 252 g/mol. The fourth-order valence-corrected chi connectivity index (χ4v) is 3.35. The van der Waals surface area contributed by atoms with E-state index in [9.17, 15) is 0 Å². The van der Waals surface area contributed by atoms with Crippen LogP contribution in [0.5, 0.6) is 0 Å². The Morgan fingerprint density at radius 3 is 2.59 bits per heavy atom. The summed E-state index contributed by atoms with van der Waals surface area (Å²) in [5.41, 5.74) is 0. The Labute approximate surface area is 109 Å². The minimum Gasteiger partial charge on any atom is -0.308 e. The Balaban J connectivity index is 1.77. The zero-order valence-electron chi connectivity index (χ0n) is 11.2. The lowest BCUT2D eigenvalue weighted by Gasteiger charge is -2.25. The van der Waals surface area contributed by atoms with Crippen LogP contribution in [0.25, 0.3) is 0 Å². The second kappa shape index (κ2) is 5.98. The van der Waals surface area contributed by atoms with E-state index in [2.05, 4.69) is 43.1 Å². The number of hydrogen-bond acceptors (Lipinski definition) is 3. The van der Waals surface area contributed by atoms with Gasteiger partial charge in [0.25, 0.3) is 0 Å². The van der Waals surface area contributed by atoms with Crippen molar-refractivity contribution in [3.05, 3.63) is 21.9 Å². The van der Waals surface area contributed by atoms with Crippen LogP contribution >= 0.6 is 11.3 Å². The molecule has 1 aliphatic heterocycles. The van der Waals surface area contributed by atoms with Crippen molar-refractivity contribution in [3.8, 4) is 0 Å². The fraction of sp³-hybridized carbons (Fsp3) is 0.714. The first kappa shape index (κ1) is 13.1. The van der Waals surface area contributed by atoms with Crippen LogP contribution in [0.1, 0.15) is 42.5 Å². The Morgan fingerprint density at radius 2 is 2.00 bits per heavy atom. The molecule has 1 N–H and O–H groups in total. The van der Waals surface area contributed by atoms with Gasteiger partial charge < -0.3 is 5.32 Å². The van der Waals surface area contributed by atoms with Gasteiger partial charge in [0.1, 0.15) is 0 Å². The molecule has 0 radical (unpaired) electrons. The third-order valence-electron chi connectivity index (χ3n) is 3.67. The summed E-state index contributed by atoms with van der Waals surface area (Å²) in [4.78, 5) is 5.46. The molecule has 0 amide bonds. The highest BCUT2D eigenvalue weighted by atomic mass is 32.1. The molecule has 1 aliphatic rings. The maximum absolute atomic E-state index is 3.66. The number of nitrogens with zero attached hydrogens (tertiary/aromatic N) is 1. The molecule has 3 heteroatoms. The number of rotatable bonds is 5. The molecule has 1 saturated heterocycles. The predicted octanol–water partition coefficient (Wildman–Crippen LogP) is 3.19. The molecule has 0 aromatic carbocycles. The molecular formula is C14H24N2S. The van der Waals surface area contributed by atoms with Crippen LogP contribution in [-0.4, -0.2) is 30.6 Å². The van der Waals surface area contributed by atoms with Crippen LogP contribution in [0.15, 0.2) is 12.1 Å². The minimum absolute atomic E-state index is 0.485. The number of hydrogen-bond donors (Lipinski definition) is 1. The third-order valence-corrected chi connectivity index (χ3v) is 4.85. The number of likely N-dealkylation sites (tertiary alicyclic amines) is 1. The van der Waals surface area contributed by atoms with E-state index < -0.39 is 0 Å². The van der Waals surface area contributed by atoms with Crippen molar-refractivity contribution in [3.63, 3.8) is 0 Å². The molecule has 2 atom stereocenters. The highest BCUT2D eigenvalue weighted by molar-refractivity contribution is 7.12. The monoisotopic (exact) mass is 252 g/mol. The second-order valence-corrected chi connectivity index (χ2v) is 6.49. The number of thiophene rings is 1. The average Bonchev–Trinajstić information content (AvgIpc) is 2.95. The number of nitrogens with one attached hydrogen (secondary N) is 1. The fourth-order valence-electron chi connectivity index (χ4n) is 2.45. The standard InChI is InChI=1S/C14H24N2S/c1-11(16-8-4-5-9-16)10-15-13(3)14-7-6-12(2)17-14/h6-7,11,13,15H,4-5,8-10H2,1-3H3. The third kappa shape index (κ3) is 3.54. The first-order valence-electron chi connectivity index (χ1n) is 6.70. The van der Waals surface area contributed by atoms with Gasteiger partial charge in [-0.3, -0.25) is 4.90 Å². The van der Waals surface area contributed by atoms with Crippen LogP contribution in [0.4, 0.5) is 0 Å². The molecule has 96 valence electrons. The Bertz CT molecular complexity index is 342. The topological polar surface area (TPSA) is 15.3 Å². The molecular weight excluding hydrogens is 228 g/mol. The summed E-state index contributed by atoms with van der Waals surface area (Å²) in [5.74, 6) is 0. The van der Waals surface area contributed by atoms with Crippen LogP contribution in [-0.2, 0) is 0 Å². The Hall–Kier alpha value is -0.380. The molecule has 0 saturated carbocycles. The lowest BCUT2D eigenvalue weighted by molar-refractivity contribution is 0.247. The van der Waals surface area contributed by atoms with Crippen molar-refractivity contribution in [2.24, 2.45) is 0 Å².